The van der Waals surface area contributed by atoms with Gasteiger partial charge in [-0.15, -0.1) is 0 Å². The Labute approximate surface area is 70.6 Å². The highest BCUT2D eigenvalue weighted by atomic mass is 32.2. The maximum atomic E-state index is 11.0. The van der Waals surface area contributed by atoms with E-state index in [-0.39, 0.29) is 0 Å². The van der Waals surface area contributed by atoms with Gasteiger partial charge in [-0.25, -0.2) is 0 Å². The van der Waals surface area contributed by atoms with Gasteiger partial charge in [0.2, 0.25) is 0 Å². The fourth-order valence-corrected chi connectivity index (χ4v) is 1.32. The van der Waals surface area contributed by atoms with Crippen LogP contribution >= 0.6 is 0 Å². The molecule has 64 valence electrons. The summed E-state index contributed by atoms with van der Waals surface area (Å²) < 4.78 is 11.0. The van der Waals surface area contributed by atoms with Gasteiger partial charge in [-0.3, -0.25) is 4.21 Å². The van der Waals surface area contributed by atoms with E-state index in [0.717, 1.165) is 0 Å². The van der Waals surface area contributed by atoms with Crippen LogP contribution in [0.1, 0.15) is 6.92 Å². The first-order chi connectivity index (χ1) is 5.31. The van der Waals surface area contributed by atoms with Crippen LogP contribution in [-0.2, 0) is 10.8 Å². The summed E-state index contributed by atoms with van der Waals surface area (Å²) in [5.41, 5.74) is 5.23. The van der Waals surface area contributed by atoms with E-state index in [2.05, 4.69) is 0 Å². The van der Waals surface area contributed by atoms with Crippen LogP contribution in [0.3, 0.4) is 0 Å². The molecule has 0 radical (unpaired) electrons. The quantitative estimate of drug-likeness (QED) is 0.626. The molecular formula is C8H15NOS. The molecular weight excluding hydrogens is 158 g/mol. The molecule has 2 nitrogen and oxygen atoms in total. The summed E-state index contributed by atoms with van der Waals surface area (Å²) in [6.45, 7) is 2.45. The molecule has 11 heavy (non-hydrogen) atoms. The van der Waals surface area contributed by atoms with Crippen molar-refractivity contribution >= 4 is 10.8 Å². The van der Waals surface area contributed by atoms with Crippen LogP contribution in [0.2, 0.25) is 0 Å². The van der Waals surface area contributed by atoms with Gasteiger partial charge < -0.3 is 5.73 Å². The van der Waals surface area contributed by atoms with Crippen LogP contribution in [0, 0.1) is 0 Å². The lowest BCUT2D eigenvalue weighted by molar-refractivity contribution is 0.684. The Balaban J connectivity index is 3.44. The first-order valence-electron chi connectivity index (χ1n) is 3.64. The monoisotopic (exact) mass is 173 g/mol. The Morgan fingerprint density at radius 2 is 2.18 bits per heavy atom. The topological polar surface area (TPSA) is 43.1 Å². The Morgan fingerprint density at radius 3 is 2.73 bits per heavy atom. The largest absolute Gasteiger partial charge is 0.330 e. The maximum Gasteiger partial charge on any atom is 0.0418 e. The van der Waals surface area contributed by atoms with Gasteiger partial charge in [0, 0.05) is 28.9 Å². The standard InChI is InChI=1S/C8H15NOS/c1-2-3-4-5-7-11(10)8-6-9/h2-5H,6-9H2,1H3/b3-2-,5-4-. The Morgan fingerprint density at radius 1 is 1.45 bits per heavy atom. The van der Waals surface area contributed by atoms with E-state index in [0.29, 0.717) is 18.1 Å². The van der Waals surface area contributed by atoms with Crippen molar-refractivity contribution < 1.29 is 4.21 Å². The summed E-state index contributed by atoms with van der Waals surface area (Å²) in [6, 6.07) is 0. The van der Waals surface area contributed by atoms with E-state index in [1.165, 1.54) is 0 Å². The molecule has 0 aromatic carbocycles. The highest BCUT2D eigenvalue weighted by molar-refractivity contribution is 7.85. The maximum absolute atomic E-state index is 11.0. The zero-order chi connectivity index (χ0) is 8.53. The molecule has 0 aliphatic carbocycles. The van der Waals surface area contributed by atoms with E-state index in [4.69, 9.17) is 5.73 Å². The summed E-state index contributed by atoms with van der Waals surface area (Å²) in [4.78, 5) is 0. The van der Waals surface area contributed by atoms with E-state index < -0.39 is 10.8 Å². The predicted octanol–water partition coefficient (Wildman–Crippen LogP) is 0.826. The van der Waals surface area contributed by atoms with E-state index in [9.17, 15) is 4.21 Å². The van der Waals surface area contributed by atoms with Crippen molar-refractivity contribution in [3.63, 3.8) is 0 Å². The number of hydrogen-bond donors (Lipinski definition) is 1. The lowest BCUT2D eigenvalue weighted by atomic mass is 10.5. The van der Waals surface area contributed by atoms with Crippen molar-refractivity contribution in [1.82, 2.24) is 0 Å². The molecule has 0 fully saturated rings. The number of nitrogens with two attached hydrogens (primary N) is 1. The van der Waals surface area contributed by atoms with Crippen LogP contribution in [0.4, 0.5) is 0 Å². The average molecular weight is 173 g/mol. The minimum atomic E-state index is -0.769. The summed E-state index contributed by atoms with van der Waals surface area (Å²) in [7, 11) is -0.769. The molecule has 0 saturated heterocycles. The van der Waals surface area contributed by atoms with Gasteiger partial charge in [-0.05, 0) is 6.92 Å². The Bertz CT molecular complexity index is 163. The molecule has 0 bridgehead atoms. The van der Waals surface area contributed by atoms with Crippen molar-refractivity contribution in [2.24, 2.45) is 5.73 Å². The first kappa shape index (κ1) is 10.6. The summed E-state index contributed by atoms with van der Waals surface area (Å²) in [5.74, 6) is 1.21. The third-order valence-electron chi connectivity index (χ3n) is 1.07. The molecule has 0 aromatic rings. The van der Waals surface area contributed by atoms with Crippen molar-refractivity contribution in [2.45, 2.75) is 6.92 Å². The Hall–Kier alpha value is -0.410. The van der Waals surface area contributed by atoms with Crippen LogP contribution in [0.15, 0.2) is 24.3 Å². The van der Waals surface area contributed by atoms with Crippen molar-refractivity contribution in [3.8, 4) is 0 Å². The van der Waals surface area contributed by atoms with Crippen molar-refractivity contribution in [3.05, 3.63) is 24.3 Å². The predicted molar refractivity (Wildman–Crippen MR) is 50.9 cm³/mol. The smallest absolute Gasteiger partial charge is 0.0418 e. The molecule has 0 aromatic heterocycles. The lowest BCUT2D eigenvalue weighted by Crippen LogP contribution is -2.11. The van der Waals surface area contributed by atoms with Crippen LogP contribution < -0.4 is 5.73 Å². The minimum Gasteiger partial charge on any atom is -0.330 e. The summed E-state index contributed by atoms with van der Waals surface area (Å²) in [6.07, 6.45) is 7.64. The molecule has 0 aliphatic rings. The number of allylic oxidation sites excluding steroid dienone is 3. The molecule has 0 heterocycles. The summed E-state index contributed by atoms with van der Waals surface area (Å²) >= 11 is 0. The molecule has 1 unspecified atom stereocenters. The number of hydrogen-bond acceptors (Lipinski definition) is 2. The molecule has 1 atom stereocenters. The van der Waals surface area contributed by atoms with Crippen LogP contribution in [-0.4, -0.2) is 22.3 Å². The van der Waals surface area contributed by atoms with Gasteiger partial charge in [0.05, 0.1) is 0 Å². The molecule has 0 saturated carbocycles. The van der Waals surface area contributed by atoms with Gasteiger partial charge in [-0.1, -0.05) is 24.3 Å². The first-order valence-corrected chi connectivity index (χ1v) is 5.13. The second-order valence-electron chi connectivity index (χ2n) is 2.05. The van der Waals surface area contributed by atoms with Crippen LogP contribution in [0.5, 0.6) is 0 Å². The van der Waals surface area contributed by atoms with Gasteiger partial charge >= 0.3 is 0 Å². The molecule has 2 N–H and O–H groups in total. The molecule has 0 aliphatic heterocycles. The third kappa shape index (κ3) is 7.49. The molecule has 0 amide bonds. The lowest BCUT2D eigenvalue weighted by Gasteiger charge is -1.92. The molecule has 0 spiro atoms. The summed E-state index contributed by atoms with van der Waals surface area (Å²) in [5, 5.41) is 0. The highest BCUT2D eigenvalue weighted by Crippen LogP contribution is 1.83. The normalized spacial score (nSPS) is 14.7. The second kappa shape index (κ2) is 7.69. The fourth-order valence-electron chi connectivity index (χ4n) is 0.567. The minimum absolute atomic E-state index is 0.504. The fraction of sp³-hybridized carbons (Fsp3) is 0.500. The van der Waals surface area contributed by atoms with Crippen molar-refractivity contribution in [1.29, 1.82) is 0 Å². The SMILES string of the molecule is C/C=C\C=C/CS(=O)CCN. The molecule has 3 heteroatoms. The molecule has 0 rings (SSSR count). The Kier molecular flexibility index (Phi) is 7.41. The average Bonchev–Trinajstić information content (AvgIpc) is 1.99. The van der Waals surface area contributed by atoms with Gasteiger partial charge in [0.25, 0.3) is 0 Å². The highest BCUT2D eigenvalue weighted by Gasteiger charge is 1.91. The third-order valence-corrected chi connectivity index (χ3v) is 2.32. The van der Waals surface area contributed by atoms with E-state index in [1.54, 1.807) is 0 Å². The second-order valence-corrected chi connectivity index (χ2v) is 3.67. The van der Waals surface area contributed by atoms with Gasteiger partial charge in [0.1, 0.15) is 0 Å². The zero-order valence-electron chi connectivity index (χ0n) is 6.82. The van der Waals surface area contributed by atoms with Gasteiger partial charge in [0.15, 0.2) is 0 Å². The van der Waals surface area contributed by atoms with Gasteiger partial charge in [-0.2, -0.15) is 0 Å². The van der Waals surface area contributed by atoms with E-state index >= 15 is 0 Å². The van der Waals surface area contributed by atoms with Crippen molar-refractivity contribution in [2.75, 3.05) is 18.1 Å². The number of rotatable bonds is 5. The van der Waals surface area contributed by atoms with E-state index in [1.807, 2.05) is 31.2 Å². The zero-order valence-corrected chi connectivity index (χ0v) is 7.64. The van der Waals surface area contributed by atoms with Crippen LogP contribution in [0.25, 0.3) is 0 Å².